The van der Waals surface area contributed by atoms with Crippen molar-refractivity contribution in [3.8, 4) is 0 Å². The molecular weight excluding hydrogens is 215 g/mol. The third-order valence-corrected chi connectivity index (χ3v) is 1.90. The van der Waals surface area contributed by atoms with E-state index in [1.807, 2.05) is 0 Å². The highest BCUT2D eigenvalue weighted by atomic mass is 19.1. The van der Waals surface area contributed by atoms with Gasteiger partial charge >= 0.3 is 0 Å². The van der Waals surface area contributed by atoms with E-state index in [-0.39, 0.29) is 12.4 Å². The summed E-state index contributed by atoms with van der Waals surface area (Å²) in [7, 11) is 0. The highest BCUT2D eigenvalue weighted by molar-refractivity contribution is 5.76. The molecule has 5 nitrogen and oxygen atoms in total. The fraction of sp³-hybridized carbons (Fsp3) is 0.300. The quantitative estimate of drug-likeness (QED) is 0.595. The van der Waals surface area contributed by atoms with Gasteiger partial charge in [-0.3, -0.25) is 14.9 Å². The average Bonchev–Trinajstić information content (AvgIpc) is 2.16. The Morgan fingerprint density at radius 3 is 2.88 bits per heavy atom. The van der Waals surface area contributed by atoms with E-state index in [4.69, 9.17) is 0 Å². The Morgan fingerprint density at radius 2 is 2.25 bits per heavy atom. The zero-order valence-corrected chi connectivity index (χ0v) is 8.48. The number of nitrogens with one attached hydrogen (secondary N) is 1. The molecule has 1 N–H and O–H groups in total. The third kappa shape index (κ3) is 4.50. The maximum Gasteiger partial charge on any atom is 0.291 e. The van der Waals surface area contributed by atoms with Gasteiger partial charge in [0.1, 0.15) is 5.82 Å². The van der Waals surface area contributed by atoms with Gasteiger partial charge in [0.15, 0.2) is 0 Å². The number of benzene rings is 1. The lowest BCUT2D eigenvalue weighted by Crippen LogP contribution is -2.31. The molecule has 0 saturated heterocycles. The molecular formula is C10H11FN2O3. The smallest absolute Gasteiger partial charge is 0.291 e. The molecule has 0 unspecified atom stereocenters. The Labute approximate surface area is 91.4 Å². The van der Waals surface area contributed by atoms with Crippen LogP contribution in [0.2, 0.25) is 0 Å². The molecule has 1 aromatic rings. The molecule has 1 rings (SSSR count). The highest BCUT2D eigenvalue weighted by Crippen LogP contribution is 2.03. The summed E-state index contributed by atoms with van der Waals surface area (Å²) in [5, 5.41) is 12.4. The molecule has 86 valence electrons. The summed E-state index contributed by atoms with van der Waals surface area (Å²) in [6.07, 6.45) is 0.446. The summed E-state index contributed by atoms with van der Waals surface area (Å²) in [6.45, 7) is -0.473. The Morgan fingerprint density at radius 1 is 1.50 bits per heavy atom. The summed E-state index contributed by atoms with van der Waals surface area (Å²) in [6, 6.07) is 5.99. The first kappa shape index (κ1) is 12.1. The largest absolute Gasteiger partial charge is 0.350 e. The first-order valence-corrected chi connectivity index (χ1v) is 4.71. The van der Waals surface area contributed by atoms with E-state index in [0.29, 0.717) is 6.42 Å². The van der Waals surface area contributed by atoms with Crippen LogP contribution >= 0.6 is 0 Å². The van der Waals surface area contributed by atoms with Crippen LogP contribution in [0, 0.1) is 15.9 Å². The number of carbonyl (C=O) groups excluding carboxylic acids is 1. The predicted octanol–water partition coefficient (Wildman–Crippen LogP) is 0.761. The number of nitrogens with zero attached hydrogens (tertiary/aromatic N) is 1. The normalized spacial score (nSPS) is 9.81. The van der Waals surface area contributed by atoms with Gasteiger partial charge in [-0.2, -0.15) is 0 Å². The van der Waals surface area contributed by atoms with Crippen molar-refractivity contribution in [1.82, 2.24) is 5.32 Å². The summed E-state index contributed by atoms with van der Waals surface area (Å²) < 4.78 is 12.7. The lowest BCUT2D eigenvalue weighted by Gasteiger charge is -2.02. The van der Waals surface area contributed by atoms with E-state index in [0.717, 1.165) is 5.56 Å². The van der Waals surface area contributed by atoms with Gasteiger partial charge in [0.05, 0.1) is 0 Å². The fourth-order valence-corrected chi connectivity index (χ4v) is 1.21. The van der Waals surface area contributed by atoms with Gasteiger partial charge in [-0.1, -0.05) is 12.1 Å². The first-order chi connectivity index (χ1) is 7.58. The van der Waals surface area contributed by atoms with Crippen molar-refractivity contribution < 1.29 is 14.1 Å². The van der Waals surface area contributed by atoms with E-state index in [1.54, 1.807) is 12.1 Å². The lowest BCUT2D eigenvalue weighted by molar-refractivity contribution is -0.467. The molecule has 1 aromatic carbocycles. The number of nitro groups is 1. The van der Waals surface area contributed by atoms with Crippen molar-refractivity contribution in [1.29, 1.82) is 0 Å². The lowest BCUT2D eigenvalue weighted by atomic mass is 10.1. The summed E-state index contributed by atoms with van der Waals surface area (Å²) in [4.78, 5) is 20.2. The number of halogens is 1. The van der Waals surface area contributed by atoms with Gasteiger partial charge in [-0.15, -0.1) is 0 Å². The van der Waals surface area contributed by atoms with Crippen LogP contribution in [0.3, 0.4) is 0 Å². The Hall–Kier alpha value is -1.98. The minimum Gasteiger partial charge on any atom is -0.350 e. The van der Waals surface area contributed by atoms with E-state index < -0.39 is 17.4 Å². The van der Waals surface area contributed by atoms with Crippen LogP contribution in [0.4, 0.5) is 4.39 Å². The van der Waals surface area contributed by atoms with E-state index in [9.17, 15) is 19.3 Å². The molecule has 0 spiro atoms. The molecule has 1 amide bonds. The number of carbonyl (C=O) groups is 1. The maximum absolute atomic E-state index is 12.7. The molecule has 0 radical (unpaired) electrons. The van der Waals surface area contributed by atoms with Crippen molar-refractivity contribution in [3.63, 3.8) is 0 Å². The standard InChI is InChI=1S/C10H11FN2O3/c11-9-3-1-2-8(6-9)4-5-12-10(14)7-13(15)16/h1-3,6H,4-5,7H2,(H,12,14). The topological polar surface area (TPSA) is 72.2 Å². The van der Waals surface area contributed by atoms with Crippen molar-refractivity contribution in [3.05, 3.63) is 45.8 Å². The molecule has 0 bridgehead atoms. The van der Waals surface area contributed by atoms with Gasteiger partial charge in [-0.05, 0) is 24.1 Å². The molecule has 0 aliphatic carbocycles. The first-order valence-electron chi connectivity index (χ1n) is 4.71. The average molecular weight is 226 g/mol. The van der Waals surface area contributed by atoms with Gasteiger partial charge in [0, 0.05) is 11.5 Å². The van der Waals surface area contributed by atoms with Gasteiger partial charge in [0.25, 0.3) is 12.5 Å². The zero-order valence-electron chi connectivity index (χ0n) is 8.48. The van der Waals surface area contributed by atoms with E-state index in [2.05, 4.69) is 5.32 Å². The molecule has 0 aliphatic rings. The monoisotopic (exact) mass is 226 g/mol. The molecule has 6 heteroatoms. The molecule has 0 saturated carbocycles. The van der Waals surface area contributed by atoms with Crippen molar-refractivity contribution in [2.24, 2.45) is 0 Å². The molecule has 0 atom stereocenters. The van der Waals surface area contributed by atoms with Gasteiger partial charge < -0.3 is 5.32 Å². The minimum absolute atomic E-state index is 0.260. The highest BCUT2D eigenvalue weighted by Gasteiger charge is 2.07. The Balaban J connectivity index is 2.30. The van der Waals surface area contributed by atoms with Crippen LogP contribution in [0.15, 0.2) is 24.3 Å². The molecule has 16 heavy (non-hydrogen) atoms. The second-order valence-corrected chi connectivity index (χ2v) is 3.22. The van der Waals surface area contributed by atoms with Crippen LogP contribution in [-0.2, 0) is 11.2 Å². The van der Waals surface area contributed by atoms with Crippen LogP contribution in [0.25, 0.3) is 0 Å². The molecule has 0 aromatic heterocycles. The number of hydrogen-bond acceptors (Lipinski definition) is 3. The van der Waals surface area contributed by atoms with Crippen LogP contribution in [-0.4, -0.2) is 23.9 Å². The second-order valence-electron chi connectivity index (χ2n) is 3.22. The van der Waals surface area contributed by atoms with Crippen LogP contribution < -0.4 is 5.32 Å². The van der Waals surface area contributed by atoms with Crippen molar-refractivity contribution >= 4 is 5.91 Å². The maximum atomic E-state index is 12.7. The number of rotatable bonds is 5. The van der Waals surface area contributed by atoms with Crippen LogP contribution in [0.5, 0.6) is 0 Å². The summed E-state index contributed by atoms with van der Waals surface area (Å²) in [5.41, 5.74) is 0.737. The number of amides is 1. The SMILES string of the molecule is O=C(C[N+](=O)[O-])NCCc1cccc(F)c1. The van der Waals surface area contributed by atoms with Crippen molar-refractivity contribution in [2.75, 3.05) is 13.1 Å². The minimum atomic E-state index is -0.733. The van der Waals surface area contributed by atoms with Crippen LogP contribution in [0.1, 0.15) is 5.56 Å². The molecule has 0 fully saturated rings. The molecule has 0 heterocycles. The predicted molar refractivity (Wildman–Crippen MR) is 55.0 cm³/mol. The Kier molecular flexibility index (Phi) is 4.38. The second kappa shape index (κ2) is 5.79. The van der Waals surface area contributed by atoms with Gasteiger partial charge in [-0.25, -0.2) is 4.39 Å². The summed E-state index contributed by atoms with van der Waals surface area (Å²) >= 11 is 0. The Bertz CT molecular complexity index is 395. The van der Waals surface area contributed by atoms with E-state index >= 15 is 0 Å². The summed E-state index contributed by atoms with van der Waals surface area (Å²) in [5.74, 6) is -0.976. The third-order valence-electron chi connectivity index (χ3n) is 1.90. The number of hydrogen-bond donors (Lipinski definition) is 1. The molecule has 0 aliphatic heterocycles. The van der Waals surface area contributed by atoms with E-state index in [1.165, 1.54) is 12.1 Å². The van der Waals surface area contributed by atoms with Crippen molar-refractivity contribution in [2.45, 2.75) is 6.42 Å². The van der Waals surface area contributed by atoms with Gasteiger partial charge in [0.2, 0.25) is 0 Å². The zero-order chi connectivity index (χ0) is 12.0. The fourth-order valence-electron chi connectivity index (χ4n) is 1.21.